The Morgan fingerprint density at radius 3 is 2.35 bits per heavy atom. The van der Waals surface area contributed by atoms with E-state index in [4.69, 9.17) is 10.00 Å². The fraction of sp³-hybridized carbons (Fsp3) is 0.222. The summed E-state index contributed by atoms with van der Waals surface area (Å²) in [7, 11) is 1.75. The van der Waals surface area contributed by atoms with Gasteiger partial charge in [0.25, 0.3) is 5.91 Å². The van der Waals surface area contributed by atoms with Gasteiger partial charge in [0.1, 0.15) is 5.75 Å². The molecule has 0 bridgehead atoms. The first-order valence-electron chi connectivity index (χ1n) is 7.15. The number of rotatable bonds is 6. The zero-order chi connectivity index (χ0) is 16.7. The first-order chi connectivity index (χ1) is 11.1. The van der Waals surface area contributed by atoms with Crippen molar-refractivity contribution < 1.29 is 9.53 Å². The normalized spacial score (nSPS) is 9.96. The molecule has 23 heavy (non-hydrogen) atoms. The highest BCUT2D eigenvalue weighted by molar-refractivity contribution is 9.10. The third-order valence-electron chi connectivity index (χ3n) is 3.33. The lowest BCUT2D eigenvalue weighted by atomic mass is 10.2. The van der Waals surface area contributed by atoms with Crippen LogP contribution in [0.3, 0.4) is 0 Å². The van der Waals surface area contributed by atoms with Crippen molar-refractivity contribution in [2.24, 2.45) is 0 Å². The molecule has 0 unspecified atom stereocenters. The predicted octanol–water partition coefficient (Wildman–Crippen LogP) is 3.55. The molecule has 118 valence electrons. The zero-order valence-corrected chi connectivity index (χ0v) is 14.4. The van der Waals surface area contributed by atoms with E-state index >= 15 is 0 Å². The minimum atomic E-state index is -0.0889. The summed E-state index contributed by atoms with van der Waals surface area (Å²) in [6, 6.07) is 17.1. The number of carbonyl (C=O) groups excluding carboxylic acids is 1. The van der Waals surface area contributed by atoms with Crippen LogP contribution in [-0.2, 0) is 17.8 Å². The van der Waals surface area contributed by atoms with E-state index in [0.29, 0.717) is 18.7 Å². The van der Waals surface area contributed by atoms with Crippen LogP contribution in [0.5, 0.6) is 5.75 Å². The van der Waals surface area contributed by atoms with E-state index in [2.05, 4.69) is 22.0 Å². The highest BCUT2D eigenvalue weighted by atomic mass is 79.9. The molecule has 0 fully saturated rings. The third-order valence-corrected chi connectivity index (χ3v) is 3.86. The fourth-order valence-corrected chi connectivity index (χ4v) is 2.27. The van der Waals surface area contributed by atoms with Crippen molar-refractivity contribution in [2.45, 2.75) is 13.0 Å². The Labute approximate surface area is 144 Å². The molecule has 0 N–H and O–H groups in total. The monoisotopic (exact) mass is 372 g/mol. The average Bonchev–Trinajstić information content (AvgIpc) is 2.56. The van der Waals surface area contributed by atoms with Crippen molar-refractivity contribution in [3.8, 4) is 11.8 Å². The van der Waals surface area contributed by atoms with Crippen molar-refractivity contribution in [3.63, 3.8) is 0 Å². The molecule has 0 heterocycles. The largest absolute Gasteiger partial charge is 0.484 e. The van der Waals surface area contributed by atoms with Crippen LogP contribution in [0.25, 0.3) is 0 Å². The molecular weight excluding hydrogens is 356 g/mol. The number of halogens is 1. The minimum absolute atomic E-state index is 0.00930. The molecule has 0 spiro atoms. The van der Waals surface area contributed by atoms with E-state index < -0.39 is 0 Å². The van der Waals surface area contributed by atoms with Crippen molar-refractivity contribution in [2.75, 3.05) is 13.7 Å². The molecule has 0 saturated heterocycles. The Hall–Kier alpha value is -2.32. The Bertz CT molecular complexity index is 690. The summed E-state index contributed by atoms with van der Waals surface area (Å²) in [5.41, 5.74) is 1.99. The zero-order valence-electron chi connectivity index (χ0n) is 12.8. The molecule has 0 atom stereocenters. The molecule has 0 aliphatic heterocycles. The molecular formula is C18H17BrN2O2. The Morgan fingerprint density at radius 2 is 1.74 bits per heavy atom. The van der Waals surface area contributed by atoms with Crippen LogP contribution in [0.15, 0.2) is 53.0 Å². The molecule has 5 heteroatoms. The first-order valence-corrected chi connectivity index (χ1v) is 7.95. The lowest BCUT2D eigenvalue weighted by Crippen LogP contribution is -2.30. The maximum atomic E-state index is 12.1. The topological polar surface area (TPSA) is 53.3 Å². The molecule has 0 aliphatic rings. The molecule has 4 nitrogen and oxygen atoms in total. The van der Waals surface area contributed by atoms with Crippen LogP contribution in [0.4, 0.5) is 0 Å². The second-order valence-electron chi connectivity index (χ2n) is 5.14. The second kappa shape index (κ2) is 8.35. The number of carbonyl (C=O) groups is 1. The standard InChI is InChI=1S/C18H17BrN2O2/c1-21(12-15-2-6-16(19)7-3-15)18(22)13-23-17-8-4-14(5-9-17)10-11-20/h2-9H,10,12-13H2,1H3. The van der Waals surface area contributed by atoms with Crippen LogP contribution < -0.4 is 4.74 Å². The summed E-state index contributed by atoms with van der Waals surface area (Å²) in [5.74, 6) is 0.533. The number of ether oxygens (including phenoxy) is 1. The summed E-state index contributed by atoms with van der Waals surface area (Å²) in [6.07, 6.45) is 0.370. The van der Waals surface area contributed by atoms with Gasteiger partial charge in [-0.1, -0.05) is 40.2 Å². The van der Waals surface area contributed by atoms with E-state index in [1.807, 2.05) is 36.4 Å². The number of nitrogens with zero attached hydrogens (tertiary/aromatic N) is 2. The number of hydrogen-bond donors (Lipinski definition) is 0. The van der Waals surface area contributed by atoms with Crippen molar-refractivity contribution in [1.82, 2.24) is 4.90 Å². The van der Waals surface area contributed by atoms with Crippen LogP contribution in [0.2, 0.25) is 0 Å². The van der Waals surface area contributed by atoms with E-state index in [-0.39, 0.29) is 12.5 Å². The first kappa shape index (κ1) is 17.0. The van der Waals surface area contributed by atoms with Gasteiger partial charge in [0.05, 0.1) is 12.5 Å². The Balaban J connectivity index is 1.83. The summed E-state index contributed by atoms with van der Waals surface area (Å²) >= 11 is 3.39. The SMILES string of the molecule is CN(Cc1ccc(Br)cc1)C(=O)COc1ccc(CC#N)cc1. The number of benzene rings is 2. The lowest BCUT2D eigenvalue weighted by molar-refractivity contribution is -0.132. The van der Waals surface area contributed by atoms with Crippen LogP contribution in [0.1, 0.15) is 11.1 Å². The third kappa shape index (κ3) is 5.42. The summed E-state index contributed by atoms with van der Waals surface area (Å²) in [6.45, 7) is 0.529. The van der Waals surface area contributed by atoms with Crippen molar-refractivity contribution in [1.29, 1.82) is 5.26 Å². The highest BCUT2D eigenvalue weighted by Crippen LogP contribution is 2.14. The Morgan fingerprint density at radius 1 is 1.13 bits per heavy atom. The lowest BCUT2D eigenvalue weighted by Gasteiger charge is -2.17. The summed E-state index contributed by atoms with van der Waals surface area (Å²) in [5, 5.41) is 8.63. The van der Waals surface area contributed by atoms with Gasteiger partial charge < -0.3 is 9.64 Å². The Kier molecular flexibility index (Phi) is 6.19. The van der Waals surface area contributed by atoms with Gasteiger partial charge in [0.15, 0.2) is 6.61 Å². The van der Waals surface area contributed by atoms with Gasteiger partial charge in [0, 0.05) is 18.1 Å². The number of likely N-dealkylation sites (N-methyl/N-ethyl adjacent to an activating group) is 1. The smallest absolute Gasteiger partial charge is 0.260 e. The number of amides is 1. The van der Waals surface area contributed by atoms with Gasteiger partial charge in [-0.3, -0.25) is 4.79 Å². The second-order valence-corrected chi connectivity index (χ2v) is 6.06. The van der Waals surface area contributed by atoms with Crippen molar-refractivity contribution in [3.05, 3.63) is 64.1 Å². The minimum Gasteiger partial charge on any atom is -0.484 e. The number of nitriles is 1. The highest BCUT2D eigenvalue weighted by Gasteiger charge is 2.10. The summed E-state index contributed by atoms with van der Waals surface area (Å²) < 4.78 is 6.51. The predicted molar refractivity (Wildman–Crippen MR) is 91.9 cm³/mol. The van der Waals surface area contributed by atoms with E-state index in [1.54, 1.807) is 24.1 Å². The van der Waals surface area contributed by atoms with Crippen LogP contribution >= 0.6 is 15.9 Å². The van der Waals surface area contributed by atoms with E-state index in [0.717, 1.165) is 15.6 Å². The molecule has 0 aromatic heterocycles. The quantitative estimate of drug-likeness (QED) is 0.778. The van der Waals surface area contributed by atoms with Gasteiger partial charge in [-0.2, -0.15) is 5.26 Å². The molecule has 2 rings (SSSR count). The van der Waals surface area contributed by atoms with E-state index in [1.165, 1.54) is 0 Å². The average molecular weight is 373 g/mol. The van der Waals surface area contributed by atoms with Crippen LogP contribution in [0, 0.1) is 11.3 Å². The molecule has 0 radical (unpaired) electrons. The van der Waals surface area contributed by atoms with Gasteiger partial charge in [-0.25, -0.2) is 0 Å². The van der Waals surface area contributed by atoms with E-state index in [9.17, 15) is 4.79 Å². The van der Waals surface area contributed by atoms with Gasteiger partial charge in [-0.05, 0) is 35.4 Å². The number of hydrogen-bond acceptors (Lipinski definition) is 3. The summed E-state index contributed by atoms with van der Waals surface area (Å²) in [4.78, 5) is 13.7. The van der Waals surface area contributed by atoms with Crippen LogP contribution in [-0.4, -0.2) is 24.5 Å². The van der Waals surface area contributed by atoms with Crippen molar-refractivity contribution >= 4 is 21.8 Å². The fourth-order valence-electron chi connectivity index (χ4n) is 2.00. The van der Waals surface area contributed by atoms with Gasteiger partial charge in [0.2, 0.25) is 0 Å². The maximum Gasteiger partial charge on any atom is 0.260 e. The molecule has 2 aromatic rings. The van der Waals surface area contributed by atoms with Gasteiger partial charge >= 0.3 is 0 Å². The molecule has 0 aliphatic carbocycles. The van der Waals surface area contributed by atoms with Gasteiger partial charge in [-0.15, -0.1) is 0 Å². The molecule has 0 saturated carbocycles. The maximum absolute atomic E-state index is 12.1. The molecule has 1 amide bonds. The molecule has 2 aromatic carbocycles.